The van der Waals surface area contributed by atoms with Crippen molar-refractivity contribution in [2.45, 2.75) is 20.0 Å². The molecule has 0 aliphatic carbocycles. The highest BCUT2D eigenvalue weighted by molar-refractivity contribution is 7.85. The number of carbonyl (C=O) groups is 1. The number of hydrogen-bond donors (Lipinski definition) is 1. The number of aromatic nitrogens is 4. The first-order valence-corrected chi connectivity index (χ1v) is 11.0. The average Bonchev–Trinajstić information content (AvgIpc) is 3.26. The van der Waals surface area contributed by atoms with Crippen LogP contribution in [0, 0.1) is 6.92 Å². The molecule has 11 heteroatoms. The maximum atomic E-state index is 12.5. The molecular weight excluding hydrogens is 402 g/mol. The Balaban J connectivity index is 1.64. The molecule has 0 saturated heterocycles. The second-order valence-electron chi connectivity index (χ2n) is 5.97. The lowest BCUT2D eigenvalue weighted by Gasteiger charge is -2.03. The molecule has 3 aromatic rings. The van der Waals surface area contributed by atoms with E-state index in [0.717, 1.165) is 11.8 Å². The van der Waals surface area contributed by atoms with Gasteiger partial charge < -0.3 is 5.32 Å². The molecule has 0 unspecified atom stereocenters. The number of hydrogen-bond acceptors (Lipinski definition) is 8. The van der Waals surface area contributed by atoms with Gasteiger partial charge in [0.1, 0.15) is 15.6 Å². The summed E-state index contributed by atoms with van der Waals surface area (Å²) >= 11 is 1.26. The molecule has 0 saturated carbocycles. The van der Waals surface area contributed by atoms with Crippen molar-refractivity contribution in [1.29, 1.82) is 0 Å². The largest absolute Gasteiger partial charge is 0.347 e. The molecule has 0 radical (unpaired) electrons. The van der Waals surface area contributed by atoms with Crippen LogP contribution in [0.15, 0.2) is 36.8 Å². The van der Waals surface area contributed by atoms with Gasteiger partial charge in [0.25, 0.3) is 16.0 Å². The van der Waals surface area contributed by atoms with E-state index in [0.29, 0.717) is 27.8 Å². The summed E-state index contributed by atoms with van der Waals surface area (Å²) in [5.41, 5.74) is 2.14. The molecule has 1 amide bonds. The molecule has 148 valence electrons. The maximum absolute atomic E-state index is 12.5. The standard InChI is InChI=1S/C17H19N5O4S2/c1-12-15(16(23)19-11-13-4-3-6-18-10-13)27-17(20-12)14-5-7-22(21-14)8-9-26-28(2,24)25/h3-7,10H,8-9,11H2,1-2H3,(H,19,23). The normalized spacial score (nSPS) is 11.5. The summed E-state index contributed by atoms with van der Waals surface area (Å²) in [6.45, 7) is 2.44. The van der Waals surface area contributed by atoms with E-state index >= 15 is 0 Å². The van der Waals surface area contributed by atoms with E-state index in [1.807, 2.05) is 12.1 Å². The summed E-state index contributed by atoms with van der Waals surface area (Å²) in [6.07, 6.45) is 6.09. The van der Waals surface area contributed by atoms with Crippen molar-refractivity contribution in [3.63, 3.8) is 0 Å². The topological polar surface area (TPSA) is 116 Å². The van der Waals surface area contributed by atoms with E-state index in [-0.39, 0.29) is 19.1 Å². The fraction of sp³-hybridized carbons (Fsp3) is 0.294. The quantitative estimate of drug-likeness (QED) is 0.549. The Hall–Kier alpha value is -2.63. The number of aryl methyl sites for hydroxylation is 1. The van der Waals surface area contributed by atoms with Crippen LogP contribution in [-0.4, -0.2) is 46.9 Å². The first-order valence-electron chi connectivity index (χ1n) is 8.34. The van der Waals surface area contributed by atoms with Crippen molar-refractivity contribution in [2.24, 2.45) is 0 Å². The molecule has 0 atom stereocenters. The molecule has 0 bridgehead atoms. The first-order chi connectivity index (χ1) is 13.3. The third-order valence-electron chi connectivity index (χ3n) is 3.66. The van der Waals surface area contributed by atoms with Gasteiger partial charge in [-0.2, -0.15) is 13.5 Å². The van der Waals surface area contributed by atoms with E-state index in [9.17, 15) is 13.2 Å². The molecule has 0 spiro atoms. The van der Waals surface area contributed by atoms with Crippen molar-refractivity contribution in [3.05, 3.63) is 52.9 Å². The van der Waals surface area contributed by atoms with Crippen LogP contribution in [0.1, 0.15) is 20.9 Å². The zero-order valence-electron chi connectivity index (χ0n) is 15.3. The van der Waals surface area contributed by atoms with E-state index in [4.69, 9.17) is 4.18 Å². The van der Waals surface area contributed by atoms with E-state index in [2.05, 4.69) is 20.4 Å². The van der Waals surface area contributed by atoms with Crippen LogP contribution in [0.4, 0.5) is 0 Å². The number of carbonyl (C=O) groups excluding carboxylic acids is 1. The van der Waals surface area contributed by atoms with Crippen LogP contribution in [-0.2, 0) is 27.4 Å². The Morgan fingerprint density at radius 1 is 1.36 bits per heavy atom. The van der Waals surface area contributed by atoms with Crippen LogP contribution < -0.4 is 5.32 Å². The maximum Gasteiger partial charge on any atom is 0.264 e. The zero-order valence-corrected chi connectivity index (χ0v) is 17.0. The van der Waals surface area contributed by atoms with Crippen LogP contribution in [0.25, 0.3) is 10.7 Å². The summed E-state index contributed by atoms with van der Waals surface area (Å²) in [4.78, 5) is 21.4. The van der Waals surface area contributed by atoms with Crippen LogP contribution in [0.2, 0.25) is 0 Å². The highest BCUT2D eigenvalue weighted by atomic mass is 32.2. The lowest BCUT2D eigenvalue weighted by Crippen LogP contribution is -2.22. The lowest BCUT2D eigenvalue weighted by molar-refractivity contribution is 0.0954. The molecule has 0 aliphatic rings. The number of rotatable bonds is 8. The summed E-state index contributed by atoms with van der Waals surface area (Å²) in [6, 6.07) is 5.46. The molecule has 1 N–H and O–H groups in total. The van der Waals surface area contributed by atoms with Gasteiger partial charge in [-0.15, -0.1) is 11.3 Å². The van der Waals surface area contributed by atoms with Gasteiger partial charge in [-0.25, -0.2) is 4.98 Å². The van der Waals surface area contributed by atoms with Gasteiger partial charge in [0.15, 0.2) is 0 Å². The molecule has 0 aliphatic heterocycles. The van der Waals surface area contributed by atoms with Crippen molar-refractivity contribution in [2.75, 3.05) is 12.9 Å². The van der Waals surface area contributed by atoms with Gasteiger partial charge >= 0.3 is 0 Å². The van der Waals surface area contributed by atoms with Gasteiger partial charge in [0.05, 0.1) is 25.1 Å². The van der Waals surface area contributed by atoms with Crippen molar-refractivity contribution >= 4 is 27.4 Å². The summed E-state index contributed by atoms with van der Waals surface area (Å²) < 4.78 is 28.3. The Morgan fingerprint density at radius 3 is 2.89 bits per heavy atom. The molecule has 28 heavy (non-hydrogen) atoms. The summed E-state index contributed by atoms with van der Waals surface area (Å²) in [5.74, 6) is -0.203. The number of nitrogens with zero attached hydrogens (tertiary/aromatic N) is 4. The van der Waals surface area contributed by atoms with Crippen molar-refractivity contribution in [3.8, 4) is 10.7 Å². The Labute approximate surface area is 166 Å². The van der Waals surface area contributed by atoms with Crippen molar-refractivity contribution in [1.82, 2.24) is 25.1 Å². The minimum atomic E-state index is -3.48. The highest BCUT2D eigenvalue weighted by Crippen LogP contribution is 2.26. The van der Waals surface area contributed by atoms with Gasteiger partial charge in [-0.3, -0.25) is 18.6 Å². The summed E-state index contributed by atoms with van der Waals surface area (Å²) in [5, 5.41) is 7.84. The number of nitrogens with one attached hydrogen (secondary N) is 1. The van der Waals surface area contributed by atoms with Gasteiger partial charge in [-0.1, -0.05) is 6.07 Å². The molecule has 3 aromatic heterocycles. The molecule has 0 fully saturated rings. The summed E-state index contributed by atoms with van der Waals surface area (Å²) in [7, 11) is -3.48. The average molecular weight is 422 g/mol. The molecular formula is C17H19N5O4S2. The third-order valence-corrected chi connectivity index (χ3v) is 5.43. The van der Waals surface area contributed by atoms with Crippen LogP contribution in [0.3, 0.4) is 0 Å². The minimum Gasteiger partial charge on any atom is -0.347 e. The smallest absolute Gasteiger partial charge is 0.264 e. The SMILES string of the molecule is Cc1nc(-c2ccn(CCOS(C)(=O)=O)n2)sc1C(=O)NCc1cccnc1. The lowest BCUT2D eigenvalue weighted by atomic mass is 10.3. The molecule has 3 rings (SSSR count). The minimum absolute atomic E-state index is 0.00114. The molecule has 3 heterocycles. The van der Waals surface area contributed by atoms with Crippen molar-refractivity contribution < 1.29 is 17.4 Å². The number of pyridine rings is 1. The first kappa shape index (κ1) is 20.1. The second kappa shape index (κ2) is 8.59. The number of thiazole rings is 1. The highest BCUT2D eigenvalue weighted by Gasteiger charge is 2.17. The van der Waals surface area contributed by atoms with E-state index in [1.165, 1.54) is 11.3 Å². The fourth-order valence-electron chi connectivity index (χ4n) is 2.36. The fourth-order valence-corrected chi connectivity index (χ4v) is 3.69. The number of amides is 1. The Kier molecular flexibility index (Phi) is 6.17. The second-order valence-corrected chi connectivity index (χ2v) is 8.61. The van der Waals surface area contributed by atoms with Crippen LogP contribution >= 0.6 is 11.3 Å². The van der Waals surface area contributed by atoms with Gasteiger partial charge in [0.2, 0.25) is 0 Å². The van der Waals surface area contributed by atoms with Gasteiger partial charge in [0, 0.05) is 25.1 Å². The zero-order chi connectivity index (χ0) is 20.1. The third kappa shape index (κ3) is 5.44. The Bertz CT molecular complexity index is 1060. The van der Waals surface area contributed by atoms with E-state index in [1.54, 1.807) is 36.3 Å². The predicted molar refractivity (Wildman–Crippen MR) is 104 cm³/mol. The predicted octanol–water partition coefficient (Wildman–Crippen LogP) is 1.62. The monoisotopic (exact) mass is 421 g/mol. The van der Waals surface area contributed by atoms with E-state index < -0.39 is 10.1 Å². The van der Waals surface area contributed by atoms with Gasteiger partial charge in [-0.05, 0) is 24.6 Å². The molecule has 9 nitrogen and oxygen atoms in total. The molecule has 0 aromatic carbocycles. The Morgan fingerprint density at radius 2 is 2.18 bits per heavy atom. The van der Waals surface area contributed by atoms with Crippen LogP contribution in [0.5, 0.6) is 0 Å².